The number of nitrogens with one attached hydrogen (secondary N) is 1. The Balaban J connectivity index is 1.91. The Hall–Kier alpha value is -2.09. The zero-order chi connectivity index (χ0) is 19.5. The summed E-state index contributed by atoms with van der Waals surface area (Å²) in [6, 6.07) is 0. The van der Waals surface area contributed by atoms with Gasteiger partial charge in [0.15, 0.2) is 5.96 Å². The molecule has 0 spiro atoms. The van der Waals surface area contributed by atoms with Gasteiger partial charge in [0.05, 0.1) is 18.3 Å². The van der Waals surface area contributed by atoms with Crippen LogP contribution in [0, 0.1) is 0 Å². The van der Waals surface area contributed by atoms with Crippen LogP contribution < -0.4 is 11.1 Å². The van der Waals surface area contributed by atoms with Crippen LogP contribution in [0.15, 0.2) is 15.6 Å². The maximum atomic E-state index is 11.6. The lowest BCUT2D eigenvalue weighted by Gasteiger charge is -2.43. The summed E-state index contributed by atoms with van der Waals surface area (Å²) in [5.41, 5.74) is 4.83. The summed E-state index contributed by atoms with van der Waals surface area (Å²) in [6.07, 6.45) is 1.78. The third-order valence-corrected chi connectivity index (χ3v) is 4.88. The molecule has 1 aliphatic heterocycles. The lowest BCUT2D eigenvalue weighted by atomic mass is 9.94. The van der Waals surface area contributed by atoms with Gasteiger partial charge in [-0.1, -0.05) is 20.8 Å². The monoisotopic (exact) mass is 364 g/mol. The quantitative estimate of drug-likeness (QED) is 0.609. The molecule has 0 unspecified atom stereocenters. The van der Waals surface area contributed by atoms with Crippen LogP contribution in [-0.2, 0) is 16.8 Å². The van der Waals surface area contributed by atoms with Gasteiger partial charge in [0, 0.05) is 38.6 Å². The van der Waals surface area contributed by atoms with Gasteiger partial charge in [-0.05, 0) is 13.8 Å². The first-order chi connectivity index (χ1) is 12.1. The van der Waals surface area contributed by atoms with Gasteiger partial charge >= 0.3 is 0 Å². The minimum Gasteiger partial charge on any atom is -0.443 e. The molecule has 8 nitrogen and oxygen atoms in total. The number of amides is 1. The molecule has 1 aromatic heterocycles. The van der Waals surface area contributed by atoms with Crippen molar-refractivity contribution in [3.8, 4) is 0 Å². The maximum absolute atomic E-state index is 11.6. The van der Waals surface area contributed by atoms with Crippen molar-refractivity contribution in [2.75, 3.05) is 33.2 Å². The molecular formula is C18H32N6O2. The lowest BCUT2D eigenvalue weighted by molar-refractivity contribution is -0.129. The molecule has 8 heteroatoms. The number of nitrogens with two attached hydrogens (primary N) is 1. The number of hydrogen-bond donors (Lipinski definition) is 2. The standard InChI is InChI=1S/C18H32N6O2/c1-17(2,3)13-11-21-14(26-13)12-22-16(20-6)23-7-9-24(10-8-23)18(4,5)15(19)25/h11H,7-10,12H2,1-6H3,(H2,19,25)(H,20,22). The second kappa shape index (κ2) is 7.65. The van der Waals surface area contributed by atoms with E-state index in [1.54, 1.807) is 13.2 Å². The number of aliphatic imine (C=N–C) groups is 1. The number of piperazine rings is 1. The average Bonchev–Trinajstić information content (AvgIpc) is 3.05. The Labute approximate surface area is 155 Å². The summed E-state index contributed by atoms with van der Waals surface area (Å²) < 4.78 is 5.81. The molecular weight excluding hydrogens is 332 g/mol. The van der Waals surface area contributed by atoms with Gasteiger partial charge in [0.25, 0.3) is 0 Å². The van der Waals surface area contributed by atoms with Gasteiger partial charge in [-0.25, -0.2) is 4.98 Å². The summed E-state index contributed by atoms with van der Waals surface area (Å²) >= 11 is 0. The second-order valence-corrected chi connectivity index (χ2v) is 8.17. The van der Waals surface area contributed by atoms with Gasteiger partial charge in [0.2, 0.25) is 11.8 Å². The first-order valence-electron chi connectivity index (χ1n) is 9.01. The highest BCUT2D eigenvalue weighted by atomic mass is 16.4. The van der Waals surface area contributed by atoms with Crippen molar-refractivity contribution in [1.82, 2.24) is 20.1 Å². The number of hydrogen-bond acceptors (Lipinski definition) is 5. The first kappa shape index (κ1) is 20.2. The number of carbonyl (C=O) groups is 1. The summed E-state index contributed by atoms with van der Waals surface area (Å²) in [5, 5.41) is 3.31. The van der Waals surface area contributed by atoms with Crippen LogP contribution in [0.2, 0.25) is 0 Å². The number of nitrogens with zero attached hydrogens (tertiary/aromatic N) is 4. The molecule has 0 bridgehead atoms. The van der Waals surface area contributed by atoms with Crippen molar-refractivity contribution >= 4 is 11.9 Å². The van der Waals surface area contributed by atoms with Gasteiger partial charge in [-0.3, -0.25) is 14.7 Å². The molecule has 2 heterocycles. The molecule has 0 saturated carbocycles. The summed E-state index contributed by atoms with van der Waals surface area (Å²) in [5.74, 6) is 2.01. The van der Waals surface area contributed by atoms with Gasteiger partial charge in [0.1, 0.15) is 5.76 Å². The fraction of sp³-hybridized carbons (Fsp3) is 0.722. The van der Waals surface area contributed by atoms with E-state index in [-0.39, 0.29) is 11.3 Å². The van der Waals surface area contributed by atoms with E-state index in [1.165, 1.54) is 0 Å². The smallest absolute Gasteiger partial charge is 0.237 e. The molecule has 0 aliphatic carbocycles. The van der Waals surface area contributed by atoms with Crippen LogP contribution in [0.25, 0.3) is 0 Å². The molecule has 1 amide bonds. The molecule has 3 N–H and O–H groups in total. The highest BCUT2D eigenvalue weighted by molar-refractivity contribution is 5.84. The molecule has 0 aromatic carbocycles. The van der Waals surface area contributed by atoms with Gasteiger partial charge in [-0.15, -0.1) is 0 Å². The summed E-state index contributed by atoms with van der Waals surface area (Å²) in [6.45, 7) is 13.6. The van der Waals surface area contributed by atoms with Crippen LogP contribution in [0.1, 0.15) is 46.3 Å². The molecule has 2 rings (SSSR count). The molecule has 1 aliphatic rings. The largest absolute Gasteiger partial charge is 0.443 e. The predicted octanol–water partition coefficient (Wildman–Crippen LogP) is 0.929. The van der Waals surface area contributed by atoms with Crippen molar-refractivity contribution in [2.45, 2.75) is 52.1 Å². The lowest BCUT2D eigenvalue weighted by Crippen LogP contribution is -2.61. The third-order valence-electron chi connectivity index (χ3n) is 4.88. The fourth-order valence-corrected chi connectivity index (χ4v) is 2.86. The van der Waals surface area contributed by atoms with E-state index in [0.29, 0.717) is 12.4 Å². The number of primary amides is 1. The van der Waals surface area contributed by atoms with E-state index < -0.39 is 5.54 Å². The van der Waals surface area contributed by atoms with Crippen molar-refractivity contribution < 1.29 is 9.21 Å². The normalized spacial score (nSPS) is 17.5. The molecule has 0 atom stereocenters. The molecule has 26 heavy (non-hydrogen) atoms. The minimum atomic E-state index is -0.634. The first-order valence-corrected chi connectivity index (χ1v) is 9.01. The predicted molar refractivity (Wildman–Crippen MR) is 102 cm³/mol. The number of carbonyl (C=O) groups excluding carboxylic acids is 1. The van der Waals surface area contributed by atoms with Crippen LogP contribution in [0.5, 0.6) is 0 Å². The fourth-order valence-electron chi connectivity index (χ4n) is 2.86. The van der Waals surface area contributed by atoms with Crippen molar-refractivity contribution in [3.05, 3.63) is 17.8 Å². The van der Waals surface area contributed by atoms with E-state index in [4.69, 9.17) is 10.2 Å². The summed E-state index contributed by atoms with van der Waals surface area (Å²) in [4.78, 5) is 24.6. The van der Waals surface area contributed by atoms with Gasteiger partial charge < -0.3 is 20.4 Å². The number of aromatic nitrogens is 1. The summed E-state index contributed by atoms with van der Waals surface area (Å²) in [7, 11) is 1.76. The number of rotatable bonds is 4. The average molecular weight is 364 g/mol. The molecule has 146 valence electrons. The zero-order valence-electron chi connectivity index (χ0n) is 16.8. The topological polar surface area (TPSA) is 100.0 Å². The van der Waals surface area contributed by atoms with E-state index in [9.17, 15) is 4.79 Å². The van der Waals surface area contributed by atoms with Crippen molar-refractivity contribution in [3.63, 3.8) is 0 Å². The van der Waals surface area contributed by atoms with Crippen LogP contribution >= 0.6 is 0 Å². The van der Waals surface area contributed by atoms with Crippen LogP contribution in [-0.4, -0.2) is 65.4 Å². The Kier molecular flexibility index (Phi) is 5.95. The minimum absolute atomic E-state index is 0.0590. The molecule has 1 saturated heterocycles. The number of guanidine groups is 1. The zero-order valence-corrected chi connectivity index (χ0v) is 16.8. The van der Waals surface area contributed by atoms with Crippen molar-refractivity contribution in [2.24, 2.45) is 10.7 Å². The van der Waals surface area contributed by atoms with Gasteiger partial charge in [-0.2, -0.15) is 0 Å². The Bertz CT molecular complexity index is 651. The molecule has 0 radical (unpaired) electrons. The molecule has 1 fully saturated rings. The van der Waals surface area contributed by atoms with Crippen LogP contribution in [0.3, 0.4) is 0 Å². The Morgan fingerprint density at radius 1 is 1.27 bits per heavy atom. The van der Waals surface area contributed by atoms with E-state index in [2.05, 4.69) is 45.9 Å². The highest BCUT2D eigenvalue weighted by Gasteiger charge is 2.35. The van der Waals surface area contributed by atoms with E-state index in [0.717, 1.165) is 37.9 Å². The molecule has 1 aromatic rings. The highest BCUT2D eigenvalue weighted by Crippen LogP contribution is 2.22. The third kappa shape index (κ3) is 4.55. The second-order valence-electron chi connectivity index (χ2n) is 8.17. The van der Waals surface area contributed by atoms with E-state index in [1.807, 2.05) is 13.8 Å². The maximum Gasteiger partial charge on any atom is 0.237 e. The SMILES string of the molecule is CN=C(NCc1ncc(C(C)(C)C)o1)N1CCN(C(C)(C)C(N)=O)CC1. The number of oxazole rings is 1. The van der Waals surface area contributed by atoms with Crippen molar-refractivity contribution in [1.29, 1.82) is 0 Å². The Morgan fingerprint density at radius 3 is 2.35 bits per heavy atom. The van der Waals surface area contributed by atoms with E-state index >= 15 is 0 Å². The Morgan fingerprint density at radius 2 is 1.88 bits per heavy atom. The van der Waals surface area contributed by atoms with Crippen LogP contribution in [0.4, 0.5) is 0 Å².